The molecule has 34 heavy (non-hydrogen) atoms. The summed E-state index contributed by atoms with van der Waals surface area (Å²) in [7, 11) is 1.51. The van der Waals surface area contributed by atoms with Crippen LogP contribution in [0.3, 0.4) is 0 Å². The zero-order valence-corrected chi connectivity index (χ0v) is 20.6. The highest BCUT2D eigenvalue weighted by Gasteiger charge is 2.35. The van der Waals surface area contributed by atoms with E-state index < -0.39 is 0 Å². The Hall–Kier alpha value is -3.41. The molecular weight excluding hydrogens is 518 g/mol. The molecule has 1 aliphatic rings. The van der Waals surface area contributed by atoms with Crippen molar-refractivity contribution in [2.24, 2.45) is 0 Å². The quantitative estimate of drug-likeness (QED) is 0.269. The van der Waals surface area contributed by atoms with Gasteiger partial charge in [-0.15, -0.1) is 6.42 Å². The summed E-state index contributed by atoms with van der Waals surface area (Å²) in [6.07, 6.45) is 6.91. The Bertz CT molecular complexity index is 1330. The molecule has 6 nitrogen and oxygen atoms in total. The van der Waals surface area contributed by atoms with Crippen LogP contribution in [0.1, 0.15) is 5.56 Å². The van der Waals surface area contributed by atoms with Crippen molar-refractivity contribution in [3.8, 4) is 29.6 Å². The fourth-order valence-corrected chi connectivity index (χ4v) is 4.93. The maximum Gasteiger partial charge on any atom is 0.293 e. The highest BCUT2D eigenvalue weighted by atomic mass is 79.9. The van der Waals surface area contributed by atoms with Crippen molar-refractivity contribution in [3.05, 3.63) is 69.5 Å². The van der Waals surface area contributed by atoms with Crippen molar-refractivity contribution in [2.45, 2.75) is 0 Å². The fourth-order valence-electron chi connectivity index (χ4n) is 3.49. The molecule has 8 heteroatoms. The Kier molecular flexibility index (Phi) is 7.46. The smallest absolute Gasteiger partial charge is 0.293 e. The molecule has 0 N–H and O–H groups in total. The van der Waals surface area contributed by atoms with Gasteiger partial charge in [0.05, 0.1) is 23.0 Å². The van der Waals surface area contributed by atoms with Gasteiger partial charge < -0.3 is 14.2 Å². The molecule has 0 aromatic heterocycles. The van der Waals surface area contributed by atoms with Gasteiger partial charge in [-0.3, -0.25) is 14.5 Å². The minimum atomic E-state index is -0.362. The Morgan fingerprint density at radius 3 is 2.68 bits per heavy atom. The topological polar surface area (TPSA) is 65.1 Å². The third kappa shape index (κ3) is 5.06. The van der Waals surface area contributed by atoms with Crippen LogP contribution in [0.2, 0.25) is 0 Å². The molecule has 1 aliphatic heterocycles. The molecule has 4 rings (SSSR count). The Balaban J connectivity index is 1.46. The molecule has 0 saturated carbocycles. The molecule has 0 atom stereocenters. The van der Waals surface area contributed by atoms with E-state index in [0.29, 0.717) is 32.2 Å². The summed E-state index contributed by atoms with van der Waals surface area (Å²) >= 11 is 4.33. The van der Waals surface area contributed by atoms with E-state index in [1.165, 1.54) is 12.0 Å². The molecule has 1 heterocycles. The van der Waals surface area contributed by atoms with Crippen molar-refractivity contribution >= 4 is 55.7 Å². The lowest BCUT2D eigenvalue weighted by Gasteiger charge is -2.14. The van der Waals surface area contributed by atoms with Crippen molar-refractivity contribution < 1.29 is 23.8 Å². The largest absolute Gasteiger partial charge is 0.493 e. The van der Waals surface area contributed by atoms with Gasteiger partial charge in [0.15, 0.2) is 11.5 Å². The normalized spacial score (nSPS) is 14.5. The minimum absolute atomic E-state index is 0.0913. The second-order valence-corrected chi connectivity index (χ2v) is 9.03. The summed E-state index contributed by atoms with van der Waals surface area (Å²) in [6, 6.07) is 17.2. The zero-order valence-electron chi connectivity index (χ0n) is 18.2. The molecule has 2 amide bonds. The Labute approximate surface area is 210 Å². The molecule has 0 unspecified atom stereocenters. The van der Waals surface area contributed by atoms with Crippen LogP contribution in [-0.2, 0) is 4.79 Å². The number of carbonyl (C=O) groups excluding carboxylic acids is 2. The molecule has 0 spiro atoms. The predicted octanol–water partition coefficient (Wildman–Crippen LogP) is 5.74. The number of methoxy groups -OCH3 is 1. The molecule has 0 bridgehead atoms. The van der Waals surface area contributed by atoms with Gasteiger partial charge in [0.25, 0.3) is 11.1 Å². The van der Waals surface area contributed by atoms with Crippen LogP contribution in [0.4, 0.5) is 4.79 Å². The van der Waals surface area contributed by atoms with Crippen LogP contribution in [0.15, 0.2) is 64.0 Å². The van der Waals surface area contributed by atoms with Gasteiger partial charge in [-0.2, -0.15) is 0 Å². The minimum Gasteiger partial charge on any atom is -0.493 e. The summed E-state index contributed by atoms with van der Waals surface area (Å²) < 4.78 is 17.4. The van der Waals surface area contributed by atoms with Gasteiger partial charge in [-0.1, -0.05) is 42.3 Å². The van der Waals surface area contributed by atoms with Gasteiger partial charge in [-0.25, -0.2) is 0 Å². The molecule has 0 radical (unpaired) electrons. The van der Waals surface area contributed by atoms with E-state index in [2.05, 4.69) is 21.9 Å². The first-order chi connectivity index (χ1) is 16.5. The summed E-state index contributed by atoms with van der Waals surface area (Å²) in [6.45, 7) is 0.436. The number of thioether (sulfide) groups is 1. The Morgan fingerprint density at radius 1 is 1.09 bits per heavy atom. The van der Waals surface area contributed by atoms with E-state index in [1.807, 2.05) is 42.5 Å². The van der Waals surface area contributed by atoms with E-state index >= 15 is 0 Å². The number of benzene rings is 3. The van der Waals surface area contributed by atoms with Gasteiger partial charge in [0.2, 0.25) is 0 Å². The Morgan fingerprint density at radius 2 is 1.88 bits per heavy atom. The van der Waals surface area contributed by atoms with Crippen LogP contribution in [0, 0.1) is 12.3 Å². The van der Waals surface area contributed by atoms with Gasteiger partial charge in [-0.05, 0) is 62.9 Å². The van der Waals surface area contributed by atoms with Crippen molar-refractivity contribution in [2.75, 3.05) is 26.9 Å². The summed E-state index contributed by atoms with van der Waals surface area (Å²) in [5.74, 6) is 3.68. The highest BCUT2D eigenvalue weighted by Crippen LogP contribution is 2.39. The van der Waals surface area contributed by atoms with Crippen LogP contribution in [-0.4, -0.2) is 42.9 Å². The first-order valence-corrected chi connectivity index (χ1v) is 11.9. The highest BCUT2D eigenvalue weighted by molar-refractivity contribution is 9.10. The molecule has 1 saturated heterocycles. The second kappa shape index (κ2) is 10.7. The van der Waals surface area contributed by atoms with Crippen molar-refractivity contribution in [1.29, 1.82) is 0 Å². The van der Waals surface area contributed by atoms with Gasteiger partial charge >= 0.3 is 0 Å². The number of nitrogens with zero attached hydrogens (tertiary/aromatic N) is 1. The number of halogens is 1. The predicted molar refractivity (Wildman–Crippen MR) is 137 cm³/mol. The van der Waals surface area contributed by atoms with Gasteiger partial charge in [0.1, 0.15) is 19.0 Å². The number of terminal acetylenes is 1. The molecule has 0 aliphatic carbocycles. The third-order valence-corrected chi connectivity index (χ3v) is 6.54. The maximum atomic E-state index is 12.9. The zero-order chi connectivity index (χ0) is 24.1. The van der Waals surface area contributed by atoms with E-state index in [9.17, 15) is 9.59 Å². The number of hydrogen-bond donors (Lipinski definition) is 0. The molecular formula is C26H20BrNO5S. The van der Waals surface area contributed by atoms with Crippen molar-refractivity contribution in [3.63, 3.8) is 0 Å². The monoisotopic (exact) mass is 537 g/mol. The molecule has 1 fully saturated rings. The van der Waals surface area contributed by atoms with Crippen LogP contribution in [0.25, 0.3) is 16.8 Å². The van der Waals surface area contributed by atoms with Crippen molar-refractivity contribution in [1.82, 2.24) is 4.90 Å². The lowest BCUT2D eigenvalue weighted by Crippen LogP contribution is -2.32. The number of carbonyl (C=O) groups is 2. The molecule has 3 aromatic carbocycles. The average molecular weight is 538 g/mol. The number of rotatable bonds is 8. The molecule has 172 valence electrons. The van der Waals surface area contributed by atoms with E-state index in [0.717, 1.165) is 22.5 Å². The number of hydrogen-bond acceptors (Lipinski definition) is 6. The number of ether oxygens (including phenoxy) is 3. The van der Waals surface area contributed by atoms with Crippen LogP contribution < -0.4 is 14.2 Å². The molecule has 3 aromatic rings. The number of imide groups is 1. The maximum absolute atomic E-state index is 12.9. The summed E-state index contributed by atoms with van der Waals surface area (Å²) in [4.78, 5) is 26.9. The van der Waals surface area contributed by atoms with E-state index in [4.69, 9.17) is 20.6 Å². The van der Waals surface area contributed by atoms with Crippen LogP contribution >= 0.6 is 27.7 Å². The fraction of sp³-hybridized carbons (Fsp3) is 0.154. The average Bonchev–Trinajstić information content (AvgIpc) is 3.10. The number of fused-ring (bicyclic) bond motifs is 1. The van der Waals surface area contributed by atoms with E-state index in [1.54, 1.807) is 18.2 Å². The summed E-state index contributed by atoms with van der Waals surface area (Å²) in [5.41, 5.74) is 0.675. The van der Waals surface area contributed by atoms with Crippen LogP contribution in [0.5, 0.6) is 17.2 Å². The van der Waals surface area contributed by atoms with E-state index in [-0.39, 0.29) is 30.9 Å². The lowest BCUT2D eigenvalue weighted by molar-refractivity contribution is -0.123. The SMILES string of the molecule is C#CCOc1c(Br)cc(/C=C2\SC(=O)N(CCOc3cccc4ccccc34)C2=O)cc1OC. The standard InChI is InChI=1S/C26H20BrNO5S/c1-3-12-33-24-20(27)14-17(15-22(24)31-2)16-23-25(29)28(26(30)34-23)11-13-32-21-10-6-8-18-7-4-5-9-19(18)21/h1,4-10,14-16H,11-13H2,2H3/b23-16-. The lowest BCUT2D eigenvalue weighted by atomic mass is 10.1. The number of amides is 2. The first kappa shape index (κ1) is 23.7. The summed E-state index contributed by atoms with van der Waals surface area (Å²) in [5, 5.41) is 1.71. The third-order valence-electron chi connectivity index (χ3n) is 5.05. The second-order valence-electron chi connectivity index (χ2n) is 7.19. The van der Waals surface area contributed by atoms with Gasteiger partial charge in [0, 0.05) is 5.39 Å². The first-order valence-electron chi connectivity index (χ1n) is 10.3.